The Morgan fingerprint density at radius 2 is 1.68 bits per heavy atom. The average Bonchev–Trinajstić information content (AvgIpc) is 2.43. The van der Waals surface area contributed by atoms with Crippen LogP contribution in [0, 0.1) is 5.41 Å². The molecule has 0 aromatic heterocycles. The third kappa shape index (κ3) is 7.60. The summed E-state index contributed by atoms with van der Waals surface area (Å²) in [6.45, 7) is 8.65. The molecule has 2 N–H and O–H groups in total. The van der Waals surface area contributed by atoms with E-state index in [0.29, 0.717) is 13.0 Å². The molecule has 0 saturated carbocycles. The number of amides is 1. The quantitative estimate of drug-likeness (QED) is 0.719. The summed E-state index contributed by atoms with van der Waals surface area (Å²) in [7, 11) is 0. The van der Waals surface area contributed by atoms with E-state index < -0.39 is 5.60 Å². The maximum Gasteiger partial charge on any atom is 0.251 e. The maximum atomic E-state index is 12.1. The van der Waals surface area contributed by atoms with Gasteiger partial charge in [0.2, 0.25) is 0 Å². The number of hydrogen-bond donors (Lipinski definition) is 2. The molecular formula is C19H31NO2. The zero-order chi connectivity index (χ0) is 16.6. The standard InChI is InChI=1S/C19H31NO2/c1-18(2,3)14-15-20-17(21)19(4,22)13-9-8-12-16-10-6-5-7-11-16/h5-7,10-11,22H,8-9,12-15H2,1-4H3,(H,20,21). The zero-order valence-corrected chi connectivity index (χ0v) is 14.5. The summed E-state index contributed by atoms with van der Waals surface area (Å²) in [6, 6.07) is 10.3. The van der Waals surface area contributed by atoms with Gasteiger partial charge in [-0.25, -0.2) is 0 Å². The second-order valence-corrected chi connectivity index (χ2v) is 7.53. The van der Waals surface area contributed by atoms with E-state index in [2.05, 4.69) is 38.2 Å². The molecule has 3 heteroatoms. The lowest BCUT2D eigenvalue weighted by Gasteiger charge is -2.24. The molecule has 0 aliphatic rings. The Morgan fingerprint density at radius 1 is 1.05 bits per heavy atom. The Labute approximate surface area is 135 Å². The Bertz CT molecular complexity index is 446. The van der Waals surface area contributed by atoms with Crippen molar-refractivity contribution >= 4 is 5.91 Å². The summed E-state index contributed by atoms with van der Waals surface area (Å²) in [6.07, 6.45) is 4.22. The van der Waals surface area contributed by atoms with Crippen molar-refractivity contribution in [2.75, 3.05) is 6.54 Å². The fraction of sp³-hybridized carbons (Fsp3) is 0.632. The average molecular weight is 305 g/mol. The van der Waals surface area contributed by atoms with Crippen LogP contribution in [-0.4, -0.2) is 23.2 Å². The molecule has 1 aromatic carbocycles. The van der Waals surface area contributed by atoms with Gasteiger partial charge >= 0.3 is 0 Å². The van der Waals surface area contributed by atoms with Gasteiger partial charge in [0, 0.05) is 6.54 Å². The van der Waals surface area contributed by atoms with Crippen LogP contribution in [0.2, 0.25) is 0 Å². The van der Waals surface area contributed by atoms with Crippen molar-refractivity contribution in [2.45, 2.75) is 65.4 Å². The molecule has 0 fully saturated rings. The molecule has 0 heterocycles. The number of benzene rings is 1. The lowest BCUT2D eigenvalue weighted by Crippen LogP contribution is -2.45. The molecule has 0 radical (unpaired) electrons. The third-order valence-electron chi connectivity index (χ3n) is 3.87. The largest absolute Gasteiger partial charge is 0.380 e. The van der Waals surface area contributed by atoms with Crippen LogP contribution < -0.4 is 5.32 Å². The summed E-state index contributed by atoms with van der Waals surface area (Å²) in [4.78, 5) is 12.1. The number of aliphatic hydroxyl groups is 1. The van der Waals surface area contributed by atoms with Crippen molar-refractivity contribution < 1.29 is 9.90 Å². The van der Waals surface area contributed by atoms with Crippen LogP contribution in [0.3, 0.4) is 0 Å². The normalized spacial score (nSPS) is 14.4. The first-order valence-corrected chi connectivity index (χ1v) is 8.25. The molecule has 1 aromatic rings. The lowest BCUT2D eigenvalue weighted by atomic mass is 9.92. The fourth-order valence-electron chi connectivity index (χ4n) is 2.30. The second-order valence-electron chi connectivity index (χ2n) is 7.53. The number of carbonyl (C=O) groups excluding carboxylic acids is 1. The van der Waals surface area contributed by atoms with Crippen molar-refractivity contribution in [3.05, 3.63) is 35.9 Å². The third-order valence-corrected chi connectivity index (χ3v) is 3.87. The highest BCUT2D eigenvalue weighted by molar-refractivity contribution is 5.84. The van der Waals surface area contributed by atoms with Crippen molar-refractivity contribution in [2.24, 2.45) is 5.41 Å². The van der Waals surface area contributed by atoms with Crippen LogP contribution in [0.25, 0.3) is 0 Å². The van der Waals surface area contributed by atoms with E-state index in [1.165, 1.54) is 5.56 Å². The van der Waals surface area contributed by atoms with Crippen molar-refractivity contribution in [3.63, 3.8) is 0 Å². The summed E-state index contributed by atoms with van der Waals surface area (Å²) in [5, 5.41) is 13.1. The van der Waals surface area contributed by atoms with Crippen molar-refractivity contribution in [1.29, 1.82) is 0 Å². The fourth-order valence-corrected chi connectivity index (χ4v) is 2.30. The van der Waals surface area contributed by atoms with Crippen LogP contribution in [-0.2, 0) is 11.2 Å². The summed E-state index contributed by atoms with van der Waals surface area (Å²) >= 11 is 0. The van der Waals surface area contributed by atoms with E-state index in [0.717, 1.165) is 25.7 Å². The Kier molecular flexibility index (Phi) is 7.08. The highest BCUT2D eigenvalue weighted by atomic mass is 16.3. The number of rotatable bonds is 8. The highest BCUT2D eigenvalue weighted by Gasteiger charge is 2.29. The summed E-state index contributed by atoms with van der Waals surface area (Å²) in [5.74, 6) is -0.253. The van der Waals surface area contributed by atoms with Gasteiger partial charge in [0.25, 0.3) is 5.91 Å². The topological polar surface area (TPSA) is 49.3 Å². The van der Waals surface area contributed by atoms with Gasteiger partial charge in [-0.1, -0.05) is 51.1 Å². The minimum absolute atomic E-state index is 0.189. The smallest absolute Gasteiger partial charge is 0.251 e. The first-order chi connectivity index (χ1) is 10.2. The van der Waals surface area contributed by atoms with E-state index in [9.17, 15) is 9.90 Å². The zero-order valence-electron chi connectivity index (χ0n) is 14.5. The van der Waals surface area contributed by atoms with Gasteiger partial charge in [-0.2, -0.15) is 0 Å². The molecule has 0 spiro atoms. The minimum Gasteiger partial charge on any atom is -0.380 e. The highest BCUT2D eigenvalue weighted by Crippen LogP contribution is 2.18. The molecule has 1 rings (SSSR count). The Morgan fingerprint density at radius 3 is 2.27 bits per heavy atom. The van der Waals surface area contributed by atoms with Gasteiger partial charge in [0.05, 0.1) is 0 Å². The van der Waals surface area contributed by atoms with Gasteiger partial charge in [0.15, 0.2) is 0 Å². The molecule has 0 saturated heterocycles. The molecular weight excluding hydrogens is 274 g/mol. The predicted octanol–water partition coefficient (Wildman–Crippen LogP) is 3.70. The Hall–Kier alpha value is -1.35. The van der Waals surface area contributed by atoms with Crippen LogP contribution in [0.15, 0.2) is 30.3 Å². The lowest BCUT2D eigenvalue weighted by molar-refractivity contribution is -0.138. The number of aryl methyl sites for hydroxylation is 1. The number of nitrogens with one attached hydrogen (secondary N) is 1. The number of carbonyl (C=O) groups is 1. The van der Waals surface area contributed by atoms with E-state index in [1.54, 1.807) is 6.92 Å². The summed E-state index contributed by atoms with van der Waals surface area (Å²) < 4.78 is 0. The number of unbranched alkanes of at least 4 members (excludes halogenated alkanes) is 1. The van der Waals surface area contributed by atoms with Crippen LogP contribution in [0.5, 0.6) is 0 Å². The van der Waals surface area contributed by atoms with Gasteiger partial charge < -0.3 is 10.4 Å². The van der Waals surface area contributed by atoms with E-state index >= 15 is 0 Å². The first-order valence-electron chi connectivity index (χ1n) is 8.25. The predicted molar refractivity (Wildman–Crippen MR) is 91.7 cm³/mol. The summed E-state index contributed by atoms with van der Waals surface area (Å²) in [5.41, 5.74) is 0.223. The molecule has 0 aliphatic heterocycles. The second kappa shape index (κ2) is 8.33. The van der Waals surface area contributed by atoms with Crippen molar-refractivity contribution in [3.8, 4) is 0 Å². The molecule has 3 nitrogen and oxygen atoms in total. The first kappa shape index (κ1) is 18.7. The van der Waals surface area contributed by atoms with E-state index in [-0.39, 0.29) is 11.3 Å². The number of hydrogen-bond acceptors (Lipinski definition) is 2. The Balaban J connectivity index is 2.26. The maximum absolute atomic E-state index is 12.1. The van der Waals surface area contributed by atoms with Gasteiger partial charge in [-0.05, 0) is 50.0 Å². The molecule has 124 valence electrons. The molecule has 1 unspecified atom stereocenters. The monoisotopic (exact) mass is 305 g/mol. The van der Waals surface area contributed by atoms with Gasteiger partial charge in [-0.3, -0.25) is 4.79 Å². The van der Waals surface area contributed by atoms with Crippen LogP contribution in [0.4, 0.5) is 0 Å². The SMILES string of the molecule is CC(C)(C)CCNC(=O)C(C)(O)CCCCc1ccccc1. The van der Waals surface area contributed by atoms with Gasteiger partial charge in [0.1, 0.15) is 5.60 Å². The van der Waals surface area contributed by atoms with Crippen LogP contribution >= 0.6 is 0 Å². The van der Waals surface area contributed by atoms with Crippen molar-refractivity contribution in [1.82, 2.24) is 5.32 Å². The van der Waals surface area contributed by atoms with Crippen LogP contribution in [0.1, 0.15) is 58.9 Å². The molecule has 1 atom stereocenters. The van der Waals surface area contributed by atoms with E-state index in [4.69, 9.17) is 0 Å². The minimum atomic E-state index is -1.27. The molecule has 0 aliphatic carbocycles. The molecule has 0 bridgehead atoms. The van der Waals surface area contributed by atoms with E-state index in [1.807, 2.05) is 18.2 Å². The molecule has 22 heavy (non-hydrogen) atoms. The van der Waals surface area contributed by atoms with Gasteiger partial charge in [-0.15, -0.1) is 0 Å². The molecule has 1 amide bonds.